The van der Waals surface area contributed by atoms with Crippen LogP contribution in [0.4, 0.5) is 5.95 Å². The second kappa shape index (κ2) is 11.8. The van der Waals surface area contributed by atoms with Crippen molar-refractivity contribution >= 4 is 38.8 Å². The van der Waals surface area contributed by atoms with E-state index in [0.717, 1.165) is 24.5 Å². The second-order valence-corrected chi connectivity index (χ2v) is 11.4. The Morgan fingerprint density at radius 2 is 1.74 bits per heavy atom. The molecule has 0 aliphatic heterocycles. The third-order valence-corrected chi connectivity index (χ3v) is 8.24. The van der Waals surface area contributed by atoms with Gasteiger partial charge in [0.2, 0.25) is 15.7 Å². The summed E-state index contributed by atoms with van der Waals surface area (Å²) in [5.74, 6) is -1.68. The molecule has 2 aromatic heterocycles. The van der Waals surface area contributed by atoms with Gasteiger partial charge in [0.1, 0.15) is 0 Å². The minimum Gasteiger partial charge on any atom is -0.478 e. The smallest absolute Gasteiger partial charge is 0.345 e. The third kappa shape index (κ3) is 6.16. The van der Waals surface area contributed by atoms with Crippen LogP contribution in [-0.4, -0.2) is 57.4 Å². The molecular formula is C29H29N7O5S. The van der Waals surface area contributed by atoms with E-state index in [4.69, 9.17) is 0 Å². The number of aromatic nitrogens is 4. The first kappa shape index (κ1) is 28.5. The monoisotopic (exact) mass is 587 g/mol. The zero-order valence-electron chi connectivity index (χ0n) is 22.6. The van der Waals surface area contributed by atoms with E-state index in [1.807, 2.05) is 30.3 Å². The van der Waals surface area contributed by atoms with Crippen molar-refractivity contribution in [2.24, 2.45) is 0 Å². The molecule has 12 nitrogen and oxygen atoms in total. The van der Waals surface area contributed by atoms with Crippen LogP contribution in [0.1, 0.15) is 23.7 Å². The molecule has 1 amide bonds. The minimum absolute atomic E-state index is 0.145. The molecule has 0 spiro atoms. The van der Waals surface area contributed by atoms with Crippen LogP contribution in [0.2, 0.25) is 0 Å². The number of aryl methyl sites for hydroxylation is 1. The summed E-state index contributed by atoms with van der Waals surface area (Å²) in [5, 5.41) is 20.4. The third-order valence-electron chi connectivity index (χ3n) is 6.67. The Kier molecular flexibility index (Phi) is 8.04. The van der Waals surface area contributed by atoms with Gasteiger partial charge in [0.25, 0.3) is 5.91 Å². The second-order valence-electron chi connectivity index (χ2n) is 9.70. The number of aromatic amines is 1. The number of aliphatic carboxylic acids is 1. The number of imidazole rings is 1. The van der Waals surface area contributed by atoms with Crippen LogP contribution in [0.15, 0.2) is 96.3 Å². The minimum atomic E-state index is -4.33. The van der Waals surface area contributed by atoms with Gasteiger partial charge in [0.15, 0.2) is 5.95 Å². The number of anilines is 1. The summed E-state index contributed by atoms with van der Waals surface area (Å²) in [5.41, 5.74) is 0.193. The fraction of sp³-hybridized carbons (Fsp3) is 0.172. The van der Waals surface area contributed by atoms with E-state index in [0.29, 0.717) is 29.9 Å². The van der Waals surface area contributed by atoms with Crippen molar-refractivity contribution in [2.75, 3.05) is 11.9 Å². The van der Waals surface area contributed by atoms with Crippen LogP contribution >= 0.6 is 0 Å². The molecule has 13 heteroatoms. The fourth-order valence-corrected chi connectivity index (χ4v) is 5.77. The van der Waals surface area contributed by atoms with Crippen LogP contribution in [0.5, 0.6) is 0 Å². The molecule has 0 saturated heterocycles. The first-order valence-corrected chi connectivity index (χ1v) is 14.6. The Bertz CT molecular complexity index is 1800. The fourth-order valence-electron chi connectivity index (χ4n) is 4.48. The maximum atomic E-state index is 13.3. The topological polar surface area (TPSA) is 171 Å². The number of hydrogen-bond acceptors (Lipinski definition) is 7. The van der Waals surface area contributed by atoms with E-state index in [1.54, 1.807) is 41.3 Å². The highest BCUT2D eigenvalue weighted by atomic mass is 32.2. The molecule has 42 heavy (non-hydrogen) atoms. The van der Waals surface area contributed by atoms with Gasteiger partial charge in [0.05, 0.1) is 22.2 Å². The zero-order chi connectivity index (χ0) is 29.7. The number of benzene rings is 3. The van der Waals surface area contributed by atoms with Crippen LogP contribution in [0.25, 0.3) is 22.0 Å². The molecule has 0 bridgehead atoms. The van der Waals surface area contributed by atoms with Gasteiger partial charge in [-0.25, -0.2) is 18.2 Å². The summed E-state index contributed by atoms with van der Waals surface area (Å²) in [6.45, 7) is 2.28. The Labute approximate surface area is 241 Å². The van der Waals surface area contributed by atoms with Gasteiger partial charge >= 0.3 is 5.97 Å². The summed E-state index contributed by atoms with van der Waals surface area (Å²) in [6.07, 6.45) is 5.62. The number of H-pyrrole nitrogens is 1. The molecule has 5 N–H and O–H groups in total. The van der Waals surface area contributed by atoms with Gasteiger partial charge in [-0.1, -0.05) is 48.5 Å². The van der Waals surface area contributed by atoms with E-state index in [9.17, 15) is 23.1 Å². The Morgan fingerprint density at radius 1 is 1.00 bits per heavy atom. The van der Waals surface area contributed by atoms with Gasteiger partial charge < -0.3 is 20.7 Å². The molecule has 0 fully saturated rings. The van der Waals surface area contributed by atoms with Gasteiger partial charge in [0, 0.05) is 30.9 Å². The number of nitrogens with zero attached hydrogens (tertiary/aromatic N) is 3. The maximum absolute atomic E-state index is 13.3. The van der Waals surface area contributed by atoms with Gasteiger partial charge in [-0.05, 0) is 48.7 Å². The highest BCUT2D eigenvalue weighted by molar-refractivity contribution is 7.89. The molecule has 0 saturated carbocycles. The number of rotatable bonds is 12. The average molecular weight is 588 g/mol. The van der Waals surface area contributed by atoms with Crippen molar-refractivity contribution in [3.63, 3.8) is 0 Å². The average Bonchev–Trinajstić information content (AvgIpc) is 3.65. The normalized spacial score (nSPS) is 13.0. The number of carbonyl (C=O) groups excluding carboxylic acids is 1. The summed E-state index contributed by atoms with van der Waals surface area (Å²) in [4.78, 5) is 32.5. The largest absolute Gasteiger partial charge is 0.478 e. The molecule has 0 radical (unpaired) electrons. The highest BCUT2D eigenvalue weighted by Crippen LogP contribution is 2.23. The Balaban J connectivity index is 1.30. The molecule has 5 aromatic rings. The van der Waals surface area contributed by atoms with Crippen LogP contribution in [0, 0.1) is 0 Å². The van der Waals surface area contributed by atoms with Crippen LogP contribution in [-0.2, 0) is 21.4 Å². The number of nitrogens with one attached hydrogen (secondary N) is 4. The predicted octanol–water partition coefficient (Wildman–Crippen LogP) is 3.44. The lowest BCUT2D eigenvalue weighted by Gasteiger charge is -2.27. The van der Waals surface area contributed by atoms with E-state index in [2.05, 4.69) is 30.4 Å². The molecule has 216 valence electrons. The van der Waals surface area contributed by atoms with E-state index < -0.39 is 27.6 Å². The first-order valence-electron chi connectivity index (χ1n) is 13.1. The first-order chi connectivity index (χ1) is 20.2. The number of hydrogen-bond donors (Lipinski definition) is 5. The lowest BCUT2D eigenvalue weighted by atomic mass is 10.1. The molecule has 3 aromatic carbocycles. The van der Waals surface area contributed by atoms with E-state index in [-0.39, 0.29) is 10.5 Å². The number of carboxylic acids is 1. The standard InChI is InChI=1S/C29H29N7O5S/c1-29(27(38)39,35-42(40,41)22-13-11-21(12-14-22)20-7-3-2-4-8-20)34-26(37)23-9-5-10-25-24(23)19-33-36(25)18-6-15-30-28-31-16-17-32-28/h2-5,7-14,16-17,19,35H,6,15,18H2,1H3,(H,34,37)(H,38,39)(H2,30,31,32). The summed E-state index contributed by atoms with van der Waals surface area (Å²) in [6, 6.07) is 20.4. The van der Waals surface area contributed by atoms with Crippen molar-refractivity contribution in [1.82, 2.24) is 29.8 Å². The number of carboxylic acid groups (broad SMARTS) is 1. The van der Waals surface area contributed by atoms with Gasteiger partial charge in [-0.3, -0.25) is 9.48 Å². The van der Waals surface area contributed by atoms with Gasteiger partial charge in [-0.2, -0.15) is 9.82 Å². The Hall–Kier alpha value is -5.01. The van der Waals surface area contributed by atoms with Crippen molar-refractivity contribution < 1.29 is 23.1 Å². The quantitative estimate of drug-likeness (QED) is 0.109. The Morgan fingerprint density at radius 3 is 2.43 bits per heavy atom. The molecule has 2 heterocycles. The van der Waals surface area contributed by atoms with Crippen LogP contribution in [0.3, 0.4) is 0 Å². The molecule has 0 aliphatic rings. The molecule has 1 unspecified atom stereocenters. The van der Waals surface area contributed by atoms with Crippen molar-refractivity contribution in [3.05, 3.63) is 97.0 Å². The number of sulfonamides is 1. The number of fused-ring (bicyclic) bond motifs is 1. The number of amides is 1. The predicted molar refractivity (Wildman–Crippen MR) is 157 cm³/mol. The zero-order valence-corrected chi connectivity index (χ0v) is 23.4. The lowest BCUT2D eigenvalue weighted by Crippen LogP contribution is -2.63. The van der Waals surface area contributed by atoms with Crippen molar-refractivity contribution in [3.8, 4) is 11.1 Å². The van der Waals surface area contributed by atoms with E-state index in [1.165, 1.54) is 24.4 Å². The van der Waals surface area contributed by atoms with E-state index >= 15 is 0 Å². The van der Waals surface area contributed by atoms with Crippen molar-refractivity contribution in [2.45, 2.75) is 30.4 Å². The van der Waals surface area contributed by atoms with Gasteiger partial charge in [-0.15, -0.1) is 0 Å². The molecule has 0 aliphatic carbocycles. The summed E-state index contributed by atoms with van der Waals surface area (Å²) in [7, 11) is -4.33. The molecular weight excluding hydrogens is 558 g/mol. The summed E-state index contributed by atoms with van der Waals surface area (Å²) < 4.78 is 30.3. The highest BCUT2D eigenvalue weighted by Gasteiger charge is 2.40. The van der Waals surface area contributed by atoms with Crippen molar-refractivity contribution in [1.29, 1.82) is 0 Å². The maximum Gasteiger partial charge on any atom is 0.345 e. The van der Waals surface area contributed by atoms with Crippen LogP contribution < -0.4 is 15.4 Å². The summed E-state index contributed by atoms with van der Waals surface area (Å²) >= 11 is 0. The molecule has 1 atom stereocenters. The molecule has 5 rings (SSSR count). The SMILES string of the molecule is CC(NC(=O)c1cccc2c1cnn2CCCNc1ncc[nH]1)(NS(=O)(=O)c1ccc(-c2ccccc2)cc1)C(=O)O. The number of carbonyl (C=O) groups is 2. The lowest BCUT2D eigenvalue weighted by molar-refractivity contribution is -0.144.